The highest BCUT2D eigenvalue weighted by molar-refractivity contribution is 14.0. The van der Waals surface area contributed by atoms with E-state index in [0.717, 1.165) is 37.9 Å². The number of benzene rings is 1. The van der Waals surface area contributed by atoms with Crippen LogP contribution in [0.2, 0.25) is 0 Å². The van der Waals surface area contributed by atoms with Crippen molar-refractivity contribution in [3.8, 4) is 5.75 Å². The monoisotopic (exact) mass is 460 g/mol. The summed E-state index contributed by atoms with van der Waals surface area (Å²) < 4.78 is 5.26. The first kappa shape index (κ1) is 21.5. The first-order valence-corrected chi connectivity index (χ1v) is 8.54. The van der Waals surface area contributed by atoms with Gasteiger partial charge in [-0.15, -0.1) is 24.0 Å². The van der Waals surface area contributed by atoms with E-state index in [-0.39, 0.29) is 30.6 Å². The van der Waals surface area contributed by atoms with Crippen LogP contribution in [0.1, 0.15) is 25.3 Å². The quantitative estimate of drug-likeness (QED) is 0.387. The Morgan fingerprint density at radius 3 is 2.72 bits per heavy atom. The summed E-state index contributed by atoms with van der Waals surface area (Å²) in [6.07, 6.45) is 3.44. The third-order valence-electron chi connectivity index (χ3n) is 4.17. The molecular formula is C18H29IN4O2. The van der Waals surface area contributed by atoms with Gasteiger partial charge in [-0.05, 0) is 42.9 Å². The van der Waals surface area contributed by atoms with Crippen LogP contribution in [0.3, 0.4) is 0 Å². The van der Waals surface area contributed by atoms with Crippen molar-refractivity contribution >= 4 is 35.8 Å². The average molecular weight is 460 g/mol. The topological polar surface area (TPSA) is 80.0 Å². The summed E-state index contributed by atoms with van der Waals surface area (Å²) in [6.45, 7) is 5.19. The van der Waals surface area contributed by atoms with Crippen molar-refractivity contribution in [3.05, 3.63) is 29.8 Å². The Bertz CT molecular complexity index is 563. The fourth-order valence-electron chi connectivity index (χ4n) is 2.94. The minimum atomic E-state index is -0.471. The number of primary amides is 1. The first-order valence-electron chi connectivity index (χ1n) is 8.54. The zero-order chi connectivity index (χ0) is 17.4. The fourth-order valence-corrected chi connectivity index (χ4v) is 2.94. The highest BCUT2D eigenvalue weighted by Gasteiger charge is 2.18. The Morgan fingerprint density at radius 2 is 2.12 bits per heavy atom. The molecule has 2 rings (SSSR count). The molecule has 3 N–H and O–H groups in total. The van der Waals surface area contributed by atoms with Gasteiger partial charge in [0.05, 0.1) is 0 Å². The van der Waals surface area contributed by atoms with Gasteiger partial charge in [0.1, 0.15) is 5.75 Å². The summed E-state index contributed by atoms with van der Waals surface area (Å²) in [5, 5.41) is 3.45. The van der Waals surface area contributed by atoms with Gasteiger partial charge in [0.15, 0.2) is 12.6 Å². The minimum absolute atomic E-state index is 0. The largest absolute Gasteiger partial charge is 0.484 e. The van der Waals surface area contributed by atoms with Crippen molar-refractivity contribution in [2.75, 3.05) is 33.3 Å². The maximum Gasteiger partial charge on any atom is 0.255 e. The molecule has 6 nitrogen and oxygen atoms in total. The maximum absolute atomic E-state index is 10.7. The molecule has 1 saturated heterocycles. The van der Waals surface area contributed by atoms with Crippen LogP contribution in [0.5, 0.6) is 5.75 Å². The molecule has 1 amide bonds. The Kier molecular flexibility index (Phi) is 9.62. The Labute approximate surface area is 167 Å². The normalized spacial score (nSPS) is 17.6. The number of amides is 1. The number of carbonyl (C=O) groups is 1. The van der Waals surface area contributed by atoms with Crippen molar-refractivity contribution in [3.63, 3.8) is 0 Å². The van der Waals surface area contributed by atoms with Crippen LogP contribution >= 0.6 is 24.0 Å². The summed E-state index contributed by atoms with van der Waals surface area (Å²) in [5.41, 5.74) is 6.27. The van der Waals surface area contributed by atoms with E-state index in [1.165, 1.54) is 18.4 Å². The third-order valence-corrected chi connectivity index (χ3v) is 4.17. The molecule has 0 spiro atoms. The van der Waals surface area contributed by atoms with Gasteiger partial charge >= 0.3 is 0 Å². The molecule has 1 fully saturated rings. The van der Waals surface area contributed by atoms with Crippen molar-refractivity contribution in [1.82, 2.24) is 10.2 Å². The molecule has 1 aromatic carbocycles. The predicted molar refractivity (Wildman–Crippen MR) is 112 cm³/mol. The number of piperidine rings is 1. The van der Waals surface area contributed by atoms with Gasteiger partial charge in [-0.3, -0.25) is 9.79 Å². The van der Waals surface area contributed by atoms with Gasteiger partial charge in [-0.2, -0.15) is 0 Å². The Hall–Kier alpha value is -1.51. The van der Waals surface area contributed by atoms with Crippen LogP contribution in [-0.2, 0) is 11.2 Å². The van der Waals surface area contributed by atoms with Gasteiger partial charge < -0.3 is 20.7 Å². The predicted octanol–water partition coefficient (Wildman–Crippen LogP) is 2.02. The molecule has 1 aliphatic rings. The highest BCUT2D eigenvalue weighted by atomic mass is 127. The van der Waals surface area contributed by atoms with E-state index in [0.29, 0.717) is 5.75 Å². The molecule has 1 heterocycles. The lowest BCUT2D eigenvalue weighted by molar-refractivity contribution is -0.119. The molecule has 0 bridgehead atoms. The smallest absolute Gasteiger partial charge is 0.255 e. The molecule has 1 aliphatic heterocycles. The number of nitrogens with two attached hydrogens (primary N) is 1. The number of guanidine groups is 1. The van der Waals surface area contributed by atoms with Crippen LogP contribution in [-0.4, -0.2) is 50.1 Å². The molecule has 1 aromatic rings. The second-order valence-corrected chi connectivity index (χ2v) is 6.32. The van der Waals surface area contributed by atoms with Crippen LogP contribution in [0.25, 0.3) is 0 Å². The second-order valence-electron chi connectivity index (χ2n) is 6.32. The van der Waals surface area contributed by atoms with Gasteiger partial charge in [-0.1, -0.05) is 19.1 Å². The number of nitrogens with one attached hydrogen (secondary N) is 1. The van der Waals surface area contributed by atoms with Crippen molar-refractivity contribution in [1.29, 1.82) is 0 Å². The molecule has 25 heavy (non-hydrogen) atoms. The second kappa shape index (κ2) is 11.2. The molecule has 0 aliphatic carbocycles. The van der Waals surface area contributed by atoms with E-state index >= 15 is 0 Å². The molecule has 1 unspecified atom stereocenters. The lowest BCUT2D eigenvalue weighted by Gasteiger charge is -2.33. The molecule has 0 radical (unpaired) electrons. The molecular weight excluding hydrogens is 431 g/mol. The SMILES string of the molecule is CN=C(NCCc1ccc(OCC(N)=O)cc1)N1CCCC(C)C1.I. The summed E-state index contributed by atoms with van der Waals surface area (Å²) in [6, 6.07) is 7.73. The lowest BCUT2D eigenvalue weighted by atomic mass is 10.0. The highest BCUT2D eigenvalue weighted by Crippen LogP contribution is 2.15. The van der Waals surface area contributed by atoms with E-state index in [1.54, 1.807) is 0 Å². The van der Waals surface area contributed by atoms with E-state index in [2.05, 4.69) is 22.1 Å². The Morgan fingerprint density at radius 1 is 1.40 bits per heavy atom. The number of aliphatic imine (C=N–C) groups is 1. The number of hydrogen-bond donors (Lipinski definition) is 2. The van der Waals surface area contributed by atoms with Gasteiger partial charge in [-0.25, -0.2) is 0 Å². The van der Waals surface area contributed by atoms with Crippen LogP contribution in [0.15, 0.2) is 29.3 Å². The van der Waals surface area contributed by atoms with Gasteiger partial charge in [0.2, 0.25) is 0 Å². The molecule has 140 valence electrons. The minimum Gasteiger partial charge on any atom is -0.484 e. The summed E-state index contributed by atoms with van der Waals surface area (Å²) >= 11 is 0. The maximum atomic E-state index is 10.7. The van der Waals surface area contributed by atoms with E-state index in [1.807, 2.05) is 31.3 Å². The molecule has 0 aromatic heterocycles. The number of carbonyl (C=O) groups excluding carboxylic acids is 1. The summed E-state index contributed by atoms with van der Waals surface area (Å²) in [5.74, 6) is 1.90. The number of halogens is 1. The first-order chi connectivity index (χ1) is 11.6. The Balaban J connectivity index is 0.00000312. The number of rotatable bonds is 6. The van der Waals surface area contributed by atoms with E-state index in [9.17, 15) is 4.79 Å². The average Bonchev–Trinajstić information content (AvgIpc) is 2.58. The van der Waals surface area contributed by atoms with Crippen LogP contribution < -0.4 is 15.8 Å². The van der Waals surface area contributed by atoms with Gasteiger partial charge in [0, 0.05) is 26.7 Å². The zero-order valence-electron chi connectivity index (χ0n) is 15.0. The fraction of sp³-hybridized carbons (Fsp3) is 0.556. The standard InChI is InChI=1S/C18H28N4O2.HI/c1-14-4-3-11-22(12-14)18(20-2)21-10-9-15-5-7-16(8-6-15)24-13-17(19)23;/h5-8,14H,3-4,9-13H2,1-2H3,(H2,19,23)(H,20,21);1H. The lowest BCUT2D eigenvalue weighted by Crippen LogP contribution is -2.46. The molecule has 1 atom stereocenters. The van der Waals surface area contributed by atoms with Gasteiger partial charge in [0.25, 0.3) is 5.91 Å². The third kappa shape index (κ3) is 7.50. The van der Waals surface area contributed by atoms with Crippen LogP contribution in [0, 0.1) is 5.92 Å². The van der Waals surface area contributed by atoms with E-state index in [4.69, 9.17) is 10.5 Å². The van der Waals surface area contributed by atoms with Crippen molar-refractivity contribution in [2.24, 2.45) is 16.6 Å². The number of nitrogens with zero attached hydrogens (tertiary/aromatic N) is 2. The van der Waals surface area contributed by atoms with Crippen molar-refractivity contribution < 1.29 is 9.53 Å². The number of ether oxygens (including phenoxy) is 1. The number of hydrogen-bond acceptors (Lipinski definition) is 3. The molecule has 0 saturated carbocycles. The van der Waals surface area contributed by atoms with Crippen LogP contribution in [0.4, 0.5) is 0 Å². The zero-order valence-corrected chi connectivity index (χ0v) is 17.4. The molecule has 7 heteroatoms. The summed E-state index contributed by atoms with van der Waals surface area (Å²) in [7, 11) is 1.84. The number of likely N-dealkylation sites (tertiary alicyclic amines) is 1. The van der Waals surface area contributed by atoms with Crippen molar-refractivity contribution in [2.45, 2.75) is 26.2 Å². The van der Waals surface area contributed by atoms with E-state index < -0.39 is 5.91 Å². The summed E-state index contributed by atoms with van der Waals surface area (Å²) in [4.78, 5) is 17.4.